The zero-order valence-electron chi connectivity index (χ0n) is 12.1. The van der Waals surface area contributed by atoms with Gasteiger partial charge in [-0.05, 0) is 38.5 Å². The Morgan fingerprint density at radius 1 is 1.35 bits per heavy atom. The van der Waals surface area contributed by atoms with E-state index in [4.69, 9.17) is 19.0 Å². The predicted molar refractivity (Wildman–Crippen MR) is 69.6 cm³/mol. The molecule has 1 N–H and O–H groups in total. The third-order valence-electron chi connectivity index (χ3n) is 4.36. The van der Waals surface area contributed by atoms with Crippen LogP contribution in [0.1, 0.15) is 33.1 Å². The molecule has 1 aliphatic carbocycles. The monoisotopic (exact) mass is 285 g/mol. The van der Waals surface area contributed by atoms with Crippen LogP contribution in [-0.4, -0.2) is 43.7 Å². The Hall–Kier alpha value is -0.690. The topological polar surface area (TPSA) is 66.0 Å². The second-order valence-electron chi connectivity index (χ2n) is 6.34. The Bertz CT molecular complexity index is 373. The van der Waals surface area contributed by atoms with Gasteiger partial charge in [0.1, 0.15) is 18.8 Å². The summed E-state index contributed by atoms with van der Waals surface area (Å²) >= 11 is 0. The van der Waals surface area contributed by atoms with E-state index in [1.165, 1.54) is 12.8 Å². The Kier molecular flexibility index (Phi) is 3.99. The van der Waals surface area contributed by atoms with E-state index in [2.05, 4.69) is 5.48 Å². The first kappa shape index (κ1) is 14.3. The van der Waals surface area contributed by atoms with Crippen molar-refractivity contribution in [2.45, 2.75) is 51.1 Å². The Morgan fingerprint density at radius 2 is 2.20 bits per heavy atom. The number of ether oxygens (including phenoxy) is 3. The van der Waals surface area contributed by atoms with E-state index >= 15 is 0 Å². The Morgan fingerprint density at radius 3 is 2.95 bits per heavy atom. The Labute approximate surface area is 119 Å². The van der Waals surface area contributed by atoms with Gasteiger partial charge in [-0.2, -0.15) is 0 Å². The molecule has 0 aromatic rings. The quantitative estimate of drug-likeness (QED) is 0.781. The average molecular weight is 285 g/mol. The summed E-state index contributed by atoms with van der Waals surface area (Å²) in [7, 11) is 0. The molecule has 2 aliphatic heterocycles. The average Bonchev–Trinajstić information content (AvgIpc) is 3.03. The molecule has 20 heavy (non-hydrogen) atoms. The first-order valence-corrected chi connectivity index (χ1v) is 7.40. The zero-order chi connectivity index (χ0) is 14.2. The van der Waals surface area contributed by atoms with E-state index in [1.54, 1.807) is 0 Å². The standard InChI is InChI=1S/C14H23NO5/c1-14(2)18-7-10(20-14)8-19-15-13(16)12-11-5-3-4-9(11)6-17-12/h9-12H,3-8H2,1-2H3,(H,15,16)/t9-,10?,11-,12+/m0/s1. The SMILES string of the molecule is CC1(C)OCC(CONC(=O)[C@@H]2OC[C@@H]3CCC[C@@H]32)O1. The van der Waals surface area contributed by atoms with Crippen LogP contribution in [0.4, 0.5) is 0 Å². The van der Waals surface area contributed by atoms with Crippen molar-refractivity contribution < 1.29 is 23.8 Å². The summed E-state index contributed by atoms with van der Waals surface area (Å²) in [4.78, 5) is 17.3. The molecule has 3 rings (SSSR count). The molecule has 1 saturated carbocycles. The van der Waals surface area contributed by atoms with E-state index in [-0.39, 0.29) is 24.7 Å². The van der Waals surface area contributed by atoms with Gasteiger partial charge < -0.3 is 14.2 Å². The normalized spacial score (nSPS) is 38.9. The van der Waals surface area contributed by atoms with Gasteiger partial charge in [-0.3, -0.25) is 9.63 Å². The van der Waals surface area contributed by atoms with Crippen molar-refractivity contribution in [1.29, 1.82) is 0 Å². The maximum atomic E-state index is 12.1. The second kappa shape index (κ2) is 5.60. The number of hydroxylamine groups is 1. The van der Waals surface area contributed by atoms with Crippen molar-refractivity contribution in [2.24, 2.45) is 11.8 Å². The van der Waals surface area contributed by atoms with E-state index in [0.717, 1.165) is 6.42 Å². The molecule has 3 fully saturated rings. The molecule has 1 unspecified atom stereocenters. The van der Waals surface area contributed by atoms with Crippen molar-refractivity contribution in [3.8, 4) is 0 Å². The van der Waals surface area contributed by atoms with Gasteiger partial charge in [-0.25, -0.2) is 5.48 Å². The highest BCUT2D eigenvalue weighted by molar-refractivity contribution is 5.80. The third kappa shape index (κ3) is 2.98. The first-order valence-electron chi connectivity index (χ1n) is 7.40. The van der Waals surface area contributed by atoms with Crippen LogP contribution >= 0.6 is 0 Å². The lowest BCUT2D eigenvalue weighted by atomic mass is 9.94. The number of carbonyl (C=O) groups excluding carboxylic acids is 1. The van der Waals surface area contributed by atoms with E-state index in [1.807, 2.05) is 13.8 Å². The van der Waals surface area contributed by atoms with Crippen molar-refractivity contribution in [3.05, 3.63) is 0 Å². The molecule has 0 radical (unpaired) electrons. The first-order chi connectivity index (χ1) is 9.55. The number of hydrogen-bond acceptors (Lipinski definition) is 5. The molecule has 1 amide bonds. The van der Waals surface area contributed by atoms with Gasteiger partial charge in [0, 0.05) is 0 Å². The van der Waals surface area contributed by atoms with Crippen LogP contribution in [0.5, 0.6) is 0 Å². The summed E-state index contributed by atoms with van der Waals surface area (Å²) in [5.74, 6) is 0.184. The van der Waals surface area contributed by atoms with Crippen molar-refractivity contribution in [2.75, 3.05) is 19.8 Å². The molecule has 0 bridgehead atoms. The third-order valence-corrected chi connectivity index (χ3v) is 4.36. The number of nitrogens with one attached hydrogen (secondary N) is 1. The van der Waals surface area contributed by atoms with Gasteiger partial charge in [0.15, 0.2) is 5.79 Å². The number of fused-ring (bicyclic) bond motifs is 1. The highest BCUT2D eigenvalue weighted by Crippen LogP contribution is 2.40. The van der Waals surface area contributed by atoms with Crippen LogP contribution in [0.25, 0.3) is 0 Å². The summed E-state index contributed by atoms with van der Waals surface area (Å²) < 4.78 is 16.6. The molecule has 114 valence electrons. The van der Waals surface area contributed by atoms with Gasteiger partial charge in [0.2, 0.25) is 0 Å². The fourth-order valence-corrected chi connectivity index (χ4v) is 3.40. The summed E-state index contributed by atoms with van der Waals surface area (Å²) in [6, 6.07) is 0. The van der Waals surface area contributed by atoms with Crippen LogP contribution in [0.2, 0.25) is 0 Å². The number of amides is 1. The van der Waals surface area contributed by atoms with E-state index in [9.17, 15) is 4.79 Å². The van der Waals surface area contributed by atoms with Crippen molar-refractivity contribution >= 4 is 5.91 Å². The molecule has 0 spiro atoms. The maximum Gasteiger partial charge on any atom is 0.272 e. The minimum absolute atomic E-state index is 0.144. The zero-order valence-corrected chi connectivity index (χ0v) is 12.1. The molecule has 0 aromatic carbocycles. The van der Waals surface area contributed by atoms with Crippen molar-refractivity contribution in [1.82, 2.24) is 5.48 Å². The Balaban J connectivity index is 1.39. The summed E-state index contributed by atoms with van der Waals surface area (Å²) in [5.41, 5.74) is 2.49. The fourth-order valence-electron chi connectivity index (χ4n) is 3.40. The summed E-state index contributed by atoms with van der Waals surface area (Å²) in [6.45, 7) is 5.19. The smallest absolute Gasteiger partial charge is 0.272 e. The molecule has 2 heterocycles. The number of carbonyl (C=O) groups is 1. The van der Waals surface area contributed by atoms with Gasteiger partial charge in [0.05, 0.1) is 13.2 Å². The minimum Gasteiger partial charge on any atom is -0.368 e. The van der Waals surface area contributed by atoms with Crippen LogP contribution in [0.3, 0.4) is 0 Å². The lowest BCUT2D eigenvalue weighted by Gasteiger charge is -2.18. The van der Waals surface area contributed by atoms with Crippen molar-refractivity contribution in [3.63, 3.8) is 0 Å². The molecular weight excluding hydrogens is 262 g/mol. The summed E-state index contributed by atoms with van der Waals surface area (Å²) in [5, 5.41) is 0. The second-order valence-corrected chi connectivity index (χ2v) is 6.34. The van der Waals surface area contributed by atoms with Gasteiger partial charge in [-0.1, -0.05) is 6.42 Å². The highest BCUT2D eigenvalue weighted by atomic mass is 16.8. The lowest BCUT2D eigenvalue weighted by Crippen LogP contribution is -2.39. The molecule has 2 saturated heterocycles. The highest BCUT2D eigenvalue weighted by Gasteiger charge is 2.44. The van der Waals surface area contributed by atoms with Gasteiger partial charge >= 0.3 is 0 Å². The molecular formula is C14H23NO5. The van der Waals surface area contributed by atoms with Crippen LogP contribution in [-0.2, 0) is 23.8 Å². The molecule has 4 atom stereocenters. The van der Waals surface area contributed by atoms with Crippen LogP contribution in [0, 0.1) is 11.8 Å². The minimum atomic E-state index is -0.566. The van der Waals surface area contributed by atoms with Crippen LogP contribution < -0.4 is 5.48 Å². The van der Waals surface area contributed by atoms with Crippen LogP contribution in [0.15, 0.2) is 0 Å². The summed E-state index contributed by atoms with van der Waals surface area (Å²) in [6.07, 6.45) is 2.97. The molecule has 6 heteroatoms. The molecule has 3 aliphatic rings. The van der Waals surface area contributed by atoms with Gasteiger partial charge in [-0.15, -0.1) is 0 Å². The largest absolute Gasteiger partial charge is 0.368 e. The van der Waals surface area contributed by atoms with Gasteiger partial charge in [0.25, 0.3) is 5.91 Å². The van der Waals surface area contributed by atoms with E-state index in [0.29, 0.717) is 25.0 Å². The number of hydrogen-bond donors (Lipinski definition) is 1. The molecule has 0 aromatic heterocycles. The van der Waals surface area contributed by atoms with E-state index < -0.39 is 5.79 Å². The fraction of sp³-hybridized carbons (Fsp3) is 0.929. The predicted octanol–water partition coefficient (Wildman–Crippen LogP) is 1.00. The lowest BCUT2D eigenvalue weighted by molar-refractivity contribution is -0.158. The maximum absolute atomic E-state index is 12.1. The molecule has 6 nitrogen and oxygen atoms in total. The number of rotatable bonds is 4.